The van der Waals surface area contributed by atoms with Gasteiger partial charge in [0.15, 0.2) is 0 Å². The van der Waals surface area contributed by atoms with Crippen LogP contribution in [0.4, 0.5) is 0 Å². The van der Waals surface area contributed by atoms with Gasteiger partial charge in [0.2, 0.25) is 0 Å². The molecule has 0 aliphatic rings. The largest absolute Gasteiger partial charge is 0.340 e. The van der Waals surface area contributed by atoms with Gasteiger partial charge in [-0.2, -0.15) is 0 Å². The normalized spacial score (nSPS) is 14.3. The molecular weight excluding hydrogens is 246 g/mol. The molecule has 108 valence electrons. The van der Waals surface area contributed by atoms with Gasteiger partial charge in [0.1, 0.15) is 5.82 Å². The maximum atomic E-state index is 6.35. The van der Waals surface area contributed by atoms with Crippen LogP contribution in [0, 0.1) is 20.8 Å². The highest BCUT2D eigenvalue weighted by Gasteiger charge is 2.24. The molecule has 0 radical (unpaired) electrons. The minimum atomic E-state index is -0.389. The van der Waals surface area contributed by atoms with Gasteiger partial charge in [-0.1, -0.05) is 31.0 Å². The number of benzene rings is 1. The van der Waals surface area contributed by atoms with Crippen molar-refractivity contribution in [3.8, 4) is 11.3 Å². The summed E-state index contributed by atoms with van der Waals surface area (Å²) in [5.41, 5.74) is 12.1. The van der Waals surface area contributed by atoms with Crippen molar-refractivity contribution in [1.82, 2.24) is 9.97 Å². The molecule has 0 aliphatic carbocycles. The van der Waals surface area contributed by atoms with Crippen molar-refractivity contribution in [1.29, 1.82) is 0 Å². The molecule has 2 aromatic rings. The number of aromatic nitrogens is 2. The first kappa shape index (κ1) is 14.8. The second-order valence-electron chi connectivity index (χ2n) is 6.09. The van der Waals surface area contributed by atoms with Gasteiger partial charge >= 0.3 is 0 Å². The van der Waals surface area contributed by atoms with Crippen LogP contribution in [-0.4, -0.2) is 9.97 Å². The molecule has 20 heavy (non-hydrogen) atoms. The standard InChI is InChI=1S/C17H25N3/c1-6-7-17(5,18)16-19-10-14(20-16)15-12(3)8-11(2)9-13(15)4/h8-10H,6-7,18H2,1-5H3,(H,19,20). The van der Waals surface area contributed by atoms with Crippen molar-refractivity contribution in [2.75, 3.05) is 0 Å². The average Bonchev–Trinajstić information content (AvgIpc) is 2.77. The number of imidazole rings is 1. The molecular formula is C17H25N3. The molecule has 3 nitrogen and oxygen atoms in total. The van der Waals surface area contributed by atoms with Gasteiger partial charge in [0, 0.05) is 5.56 Å². The van der Waals surface area contributed by atoms with E-state index in [-0.39, 0.29) is 5.54 Å². The Morgan fingerprint density at radius 2 is 1.80 bits per heavy atom. The van der Waals surface area contributed by atoms with Crippen molar-refractivity contribution >= 4 is 0 Å². The van der Waals surface area contributed by atoms with Crippen LogP contribution in [-0.2, 0) is 5.54 Å². The molecule has 1 atom stereocenters. The van der Waals surface area contributed by atoms with Gasteiger partial charge in [-0.3, -0.25) is 0 Å². The van der Waals surface area contributed by atoms with E-state index in [2.05, 4.69) is 49.8 Å². The van der Waals surface area contributed by atoms with Crippen LogP contribution in [0.1, 0.15) is 49.2 Å². The highest BCUT2D eigenvalue weighted by Crippen LogP contribution is 2.29. The Morgan fingerprint density at radius 3 is 2.35 bits per heavy atom. The number of aromatic amines is 1. The van der Waals surface area contributed by atoms with Gasteiger partial charge in [-0.15, -0.1) is 0 Å². The maximum Gasteiger partial charge on any atom is 0.126 e. The minimum Gasteiger partial charge on any atom is -0.340 e. The predicted molar refractivity (Wildman–Crippen MR) is 84.7 cm³/mol. The van der Waals surface area contributed by atoms with Crippen molar-refractivity contribution in [2.24, 2.45) is 5.73 Å². The van der Waals surface area contributed by atoms with Crippen LogP contribution in [0.2, 0.25) is 0 Å². The van der Waals surface area contributed by atoms with Gasteiger partial charge in [0.05, 0.1) is 17.4 Å². The number of H-pyrrole nitrogens is 1. The molecule has 0 saturated heterocycles. The molecule has 3 heteroatoms. The summed E-state index contributed by atoms with van der Waals surface area (Å²) in [6.07, 6.45) is 3.87. The predicted octanol–water partition coefficient (Wildman–Crippen LogP) is 3.98. The zero-order valence-corrected chi connectivity index (χ0v) is 13.2. The zero-order chi connectivity index (χ0) is 14.9. The van der Waals surface area contributed by atoms with E-state index in [1.807, 2.05) is 13.1 Å². The highest BCUT2D eigenvalue weighted by atomic mass is 15.0. The van der Waals surface area contributed by atoms with E-state index in [1.54, 1.807) is 0 Å². The molecule has 0 saturated carbocycles. The fourth-order valence-corrected chi connectivity index (χ4v) is 2.98. The summed E-state index contributed by atoms with van der Waals surface area (Å²) < 4.78 is 0. The van der Waals surface area contributed by atoms with E-state index in [0.717, 1.165) is 24.4 Å². The van der Waals surface area contributed by atoms with E-state index < -0.39 is 0 Å². The number of aryl methyl sites for hydroxylation is 3. The van der Waals surface area contributed by atoms with E-state index in [4.69, 9.17) is 5.73 Å². The summed E-state index contributed by atoms with van der Waals surface area (Å²) in [6, 6.07) is 4.41. The first-order chi connectivity index (χ1) is 9.35. The second kappa shape index (κ2) is 5.41. The number of hydrogen-bond donors (Lipinski definition) is 2. The third-order valence-corrected chi connectivity index (χ3v) is 3.83. The lowest BCUT2D eigenvalue weighted by Crippen LogP contribution is -2.34. The van der Waals surface area contributed by atoms with Crippen LogP contribution < -0.4 is 5.73 Å². The molecule has 1 unspecified atom stereocenters. The molecule has 0 amide bonds. The fraction of sp³-hybridized carbons (Fsp3) is 0.471. The molecule has 3 N–H and O–H groups in total. The Morgan fingerprint density at radius 1 is 1.20 bits per heavy atom. The van der Waals surface area contributed by atoms with Gasteiger partial charge in [-0.25, -0.2) is 4.98 Å². The Kier molecular flexibility index (Phi) is 4.00. The van der Waals surface area contributed by atoms with Crippen LogP contribution in [0.15, 0.2) is 18.3 Å². The van der Waals surface area contributed by atoms with Crippen LogP contribution >= 0.6 is 0 Å². The Bertz CT molecular complexity index is 585. The first-order valence-electron chi connectivity index (χ1n) is 7.27. The van der Waals surface area contributed by atoms with Crippen molar-refractivity contribution in [2.45, 2.75) is 53.0 Å². The molecule has 0 spiro atoms. The van der Waals surface area contributed by atoms with Crippen LogP contribution in [0.25, 0.3) is 11.3 Å². The smallest absolute Gasteiger partial charge is 0.126 e. The second-order valence-corrected chi connectivity index (χ2v) is 6.09. The summed E-state index contributed by atoms with van der Waals surface area (Å²) in [4.78, 5) is 7.93. The summed E-state index contributed by atoms with van der Waals surface area (Å²) in [5, 5.41) is 0. The summed E-state index contributed by atoms with van der Waals surface area (Å²) in [5.74, 6) is 0.869. The topological polar surface area (TPSA) is 54.7 Å². The van der Waals surface area contributed by atoms with Crippen molar-refractivity contribution < 1.29 is 0 Å². The third-order valence-electron chi connectivity index (χ3n) is 3.83. The first-order valence-corrected chi connectivity index (χ1v) is 7.27. The lowest BCUT2D eigenvalue weighted by Gasteiger charge is -2.21. The molecule has 2 rings (SSSR count). The molecule has 1 aromatic carbocycles. The van der Waals surface area contributed by atoms with Crippen molar-refractivity contribution in [3.05, 3.63) is 40.8 Å². The maximum absolute atomic E-state index is 6.35. The molecule has 1 heterocycles. The molecule has 1 aromatic heterocycles. The number of nitrogens with two attached hydrogens (primary N) is 1. The van der Waals surface area contributed by atoms with Gasteiger partial charge < -0.3 is 10.7 Å². The SMILES string of the molecule is CCCC(C)(N)c1ncc(-c2c(C)cc(C)cc2C)[nH]1. The summed E-state index contributed by atoms with van der Waals surface area (Å²) >= 11 is 0. The average molecular weight is 271 g/mol. The van der Waals surface area contributed by atoms with Gasteiger partial charge in [0.25, 0.3) is 0 Å². The number of nitrogens with one attached hydrogen (secondary N) is 1. The minimum absolute atomic E-state index is 0.389. The highest BCUT2D eigenvalue weighted by molar-refractivity contribution is 5.67. The van der Waals surface area contributed by atoms with E-state index in [0.29, 0.717) is 0 Å². The Hall–Kier alpha value is -1.61. The number of hydrogen-bond acceptors (Lipinski definition) is 2. The molecule has 0 aliphatic heterocycles. The fourth-order valence-electron chi connectivity index (χ4n) is 2.98. The number of nitrogens with zero attached hydrogens (tertiary/aromatic N) is 1. The quantitative estimate of drug-likeness (QED) is 0.883. The number of rotatable bonds is 4. The van der Waals surface area contributed by atoms with E-state index in [9.17, 15) is 0 Å². The monoisotopic (exact) mass is 271 g/mol. The Balaban J connectivity index is 2.44. The van der Waals surface area contributed by atoms with Crippen molar-refractivity contribution in [3.63, 3.8) is 0 Å². The van der Waals surface area contributed by atoms with Gasteiger partial charge in [-0.05, 0) is 45.2 Å². The van der Waals surface area contributed by atoms with E-state index in [1.165, 1.54) is 22.3 Å². The third kappa shape index (κ3) is 2.78. The van der Waals surface area contributed by atoms with Crippen LogP contribution in [0.5, 0.6) is 0 Å². The lowest BCUT2D eigenvalue weighted by molar-refractivity contribution is 0.423. The summed E-state index contributed by atoms with van der Waals surface area (Å²) in [7, 11) is 0. The zero-order valence-electron chi connectivity index (χ0n) is 13.2. The van der Waals surface area contributed by atoms with E-state index >= 15 is 0 Å². The summed E-state index contributed by atoms with van der Waals surface area (Å²) in [6.45, 7) is 10.6. The lowest BCUT2D eigenvalue weighted by atomic mass is 9.96. The molecule has 0 bridgehead atoms. The van der Waals surface area contributed by atoms with Crippen LogP contribution in [0.3, 0.4) is 0 Å². The Labute approximate surface area is 121 Å². The molecule has 0 fully saturated rings.